The summed E-state index contributed by atoms with van der Waals surface area (Å²) in [6, 6.07) is 3.79. The van der Waals surface area contributed by atoms with Gasteiger partial charge >= 0.3 is 0 Å². The maximum absolute atomic E-state index is 13.7. The Labute approximate surface area is 208 Å². The van der Waals surface area contributed by atoms with Crippen molar-refractivity contribution in [2.75, 3.05) is 21.3 Å². The van der Waals surface area contributed by atoms with Gasteiger partial charge in [0.2, 0.25) is 11.8 Å². The number of amides is 2. The van der Waals surface area contributed by atoms with E-state index >= 15 is 0 Å². The highest BCUT2D eigenvalue weighted by molar-refractivity contribution is 5.90. The summed E-state index contributed by atoms with van der Waals surface area (Å²) in [5.41, 5.74) is 0.961. The van der Waals surface area contributed by atoms with Crippen LogP contribution < -0.4 is 10.1 Å². The number of methoxy groups -OCH3 is 3. The van der Waals surface area contributed by atoms with E-state index in [2.05, 4.69) is 11.9 Å². The van der Waals surface area contributed by atoms with Gasteiger partial charge in [-0.2, -0.15) is 0 Å². The molecule has 2 amide bonds. The smallest absolute Gasteiger partial charge is 0.248 e. The number of carbonyl (C=O) groups excluding carboxylic acids is 2. The van der Waals surface area contributed by atoms with Crippen LogP contribution in [0.15, 0.2) is 54.1 Å². The Balaban J connectivity index is 2.58. The van der Waals surface area contributed by atoms with Crippen LogP contribution in [0.4, 0.5) is 0 Å². The molecular weight excluding hydrogens is 448 g/mol. The number of hydrogen-bond donors (Lipinski definition) is 2. The zero-order valence-electron chi connectivity index (χ0n) is 21.4. The first-order valence-corrected chi connectivity index (χ1v) is 11.9. The Morgan fingerprint density at radius 3 is 2.40 bits per heavy atom. The second-order valence-electron chi connectivity index (χ2n) is 8.50. The van der Waals surface area contributed by atoms with Gasteiger partial charge in [0.25, 0.3) is 0 Å². The molecule has 0 aromatic heterocycles. The summed E-state index contributed by atoms with van der Waals surface area (Å²) in [5, 5.41) is 13.6. The largest absolute Gasteiger partial charge is 0.504 e. The van der Waals surface area contributed by atoms with Crippen LogP contribution in [0.5, 0.6) is 11.5 Å². The lowest BCUT2D eigenvalue weighted by Crippen LogP contribution is -2.46. The van der Waals surface area contributed by atoms with Crippen molar-refractivity contribution >= 4 is 11.8 Å². The summed E-state index contributed by atoms with van der Waals surface area (Å²) in [7, 11) is 4.45. The minimum atomic E-state index is -0.999. The van der Waals surface area contributed by atoms with Crippen molar-refractivity contribution in [3.05, 3.63) is 59.7 Å². The van der Waals surface area contributed by atoms with Crippen LogP contribution in [0.2, 0.25) is 0 Å². The van der Waals surface area contributed by atoms with E-state index in [1.54, 1.807) is 38.1 Å². The first-order chi connectivity index (χ1) is 16.7. The lowest BCUT2D eigenvalue weighted by Gasteiger charge is -2.34. The maximum Gasteiger partial charge on any atom is 0.248 e. The number of nitrogens with one attached hydrogen (secondary N) is 1. The van der Waals surface area contributed by atoms with Gasteiger partial charge in [-0.05, 0) is 43.5 Å². The number of benzene rings is 1. The molecule has 0 spiro atoms. The number of hydrogen-bond acceptors (Lipinski definition) is 6. The third kappa shape index (κ3) is 7.53. The molecule has 2 rings (SSSR count). The first-order valence-electron chi connectivity index (χ1n) is 11.9. The molecule has 0 heterocycles. The van der Waals surface area contributed by atoms with E-state index in [4.69, 9.17) is 14.2 Å². The molecule has 1 aliphatic carbocycles. The summed E-state index contributed by atoms with van der Waals surface area (Å²) in [4.78, 5) is 28.4. The van der Waals surface area contributed by atoms with Crippen molar-refractivity contribution in [3.63, 3.8) is 0 Å². The molecule has 1 saturated carbocycles. The van der Waals surface area contributed by atoms with Crippen LogP contribution in [0.25, 0.3) is 0 Å². The summed E-state index contributed by atoms with van der Waals surface area (Å²) >= 11 is 0. The molecule has 1 atom stereocenters. The molecule has 1 aromatic rings. The van der Waals surface area contributed by atoms with Crippen LogP contribution in [-0.4, -0.2) is 49.2 Å². The Hall–Kier alpha value is -3.42. The van der Waals surface area contributed by atoms with Gasteiger partial charge in [0.05, 0.1) is 21.3 Å². The quantitative estimate of drug-likeness (QED) is 0.347. The predicted molar refractivity (Wildman–Crippen MR) is 135 cm³/mol. The van der Waals surface area contributed by atoms with Gasteiger partial charge in [-0.15, -0.1) is 0 Å². The molecule has 2 N–H and O–H groups in total. The Kier molecular flexibility index (Phi) is 10.7. The molecule has 8 nitrogen and oxygen atoms in total. The number of aromatic hydroxyl groups is 1. The minimum Gasteiger partial charge on any atom is -0.504 e. The van der Waals surface area contributed by atoms with E-state index in [-0.39, 0.29) is 35.8 Å². The Bertz CT molecular complexity index is 962. The third-order valence-corrected chi connectivity index (χ3v) is 6.08. The summed E-state index contributed by atoms with van der Waals surface area (Å²) < 4.78 is 15.7. The highest BCUT2D eigenvalue weighted by atomic mass is 16.5. The molecule has 0 aliphatic heterocycles. The van der Waals surface area contributed by atoms with Crippen molar-refractivity contribution in [1.82, 2.24) is 10.2 Å². The van der Waals surface area contributed by atoms with Crippen molar-refractivity contribution in [1.29, 1.82) is 0 Å². The lowest BCUT2D eigenvalue weighted by atomic mass is 9.94. The molecule has 0 radical (unpaired) electrons. The third-order valence-electron chi connectivity index (χ3n) is 6.08. The van der Waals surface area contributed by atoms with Crippen molar-refractivity contribution in [2.24, 2.45) is 0 Å². The summed E-state index contributed by atoms with van der Waals surface area (Å²) in [6.07, 6.45) is 8.50. The average Bonchev–Trinajstić information content (AvgIpc) is 2.86. The van der Waals surface area contributed by atoms with Gasteiger partial charge in [-0.1, -0.05) is 38.8 Å². The van der Waals surface area contributed by atoms with Crippen LogP contribution in [0.3, 0.4) is 0 Å². The zero-order valence-corrected chi connectivity index (χ0v) is 21.4. The van der Waals surface area contributed by atoms with Crippen molar-refractivity contribution in [2.45, 2.75) is 64.5 Å². The number of rotatable bonds is 11. The van der Waals surface area contributed by atoms with E-state index in [0.29, 0.717) is 22.8 Å². The second kappa shape index (κ2) is 13.5. The van der Waals surface area contributed by atoms with Gasteiger partial charge in [-0.3, -0.25) is 14.5 Å². The minimum absolute atomic E-state index is 0.0490. The standard InChI is InChI=1S/C27H38N2O6/c1-7-25(31)29(18(2)15-22(34-5)16-19(3)33-4)26(20-13-14-24(35-6)23(30)17-20)27(32)28-21-11-9-8-10-12-21/h13-17,21,26,30H,3,7-12H2,1-2,4-6H3,(H,28,32). The Morgan fingerprint density at radius 2 is 1.86 bits per heavy atom. The highest BCUT2D eigenvalue weighted by Crippen LogP contribution is 2.34. The molecule has 1 fully saturated rings. The molecule has 1 unspecified atom stereocenters. The topological polar surface area (TPSA) is 97.3 Å². The van der Waals surface area contributed by atoms with E-state index in [1.165, 1.54) is 32.3 Å². The number of carbonyl (C=O) groups is 2. The maximum atomic E-state index is 13.7. The van der Waals surface area contributed by atoms with E-state index in [9.17, 15) is 14.7 Å². The number of nitrogens with zero attached hydrogens (tertiary/aromatic N) is 1. The van der Waals surface area contributed by atoms with Gasteiger partial charge in [0.15, 0.2) is 11.5 Å². The molecule has 1 aliphatic rings. The monoisotopic (exact) mass is 486 g/mol. The molecule has 8 heteroatoms. The summed E-state index contributed by atoms with van der Waals surface area (Å²) in [6.45, 7) is 7.25. The summed E-state index contributed by atoms with van der Waals surface area (Å²) in [5.74, 6) is 0.403. The fourth-order valence-electron chi connectivity index (χ4n) is 4.19. The predicted octanol–water partition coefficient (Wildman–Crippen LogP) is 4.72. The molecule has 0 bridgehead atoms. The molecular formula is C27H38N2O6. The zero-order chi connectivity index (χ0) is 26.0. The van der Waals surface area contributed by atoms with Crippen LogP contribution in [0.1, 0.15) is 64.0 Å². The number of ether oxygens (including phenoxy) is 3. The van der Waals surface area contributed by atoms with Gasteiger partial charge in [-0.25, -0.2) is 0 Å². The molecule has 1 aromatic carbocycles. The number of allylic oxidation sites excluding steroid dienone is 3. The van der Waals surface area contributed by atoms with Crippen LogP contribution in [0, 0.1) is 0 Å². The fraction of sp³-hybridized carbons (Fsp3) is 0.481. The van der Waals surface area contributed by atoms with E-state index in [0.717, 1.165) is 32.1 Å². The van der Waals surface area contributed by atoms with Gasteiger partial charge in [0.1, 0.15) is 17.6 Å². The van der Waals surface area contributed by atoms with Gasteiger partial charge in [0, 0.05) is 24.2 Å². The van der Waals surface area contributed by atoms with Gasteiger partial charge < -0.3 is 24.6 Å². The SMILES string of the molecule is C=C(C=C(C=C(C)N(C(=O)CC)C(C(=O)NC1CCCCC1)c1ccc(OC)c(O)c1)OC)OC. The van der Waals surface area contributed by atoms with Crippen molar-refractivity contribution < 1.29 is 28.9 Å². The van der Waals surface area contributed by atoms with E-state index in [1.807, 2.05) is 0 Å². The normalized spacial score (nSPS) is 15.7. The lowest BCUT2D eigenvalue weighted by molar-refractivity contribution is -0.138. The van der Waals surface area contributed by atoms with Crippen LogP contribution in [-0.2, 0) is 19.1 Å². The highest BCUT2D eigenvalue weighted by Gasteiger charge is 2.34. The fourth-order valence-corrected chi connectivity index (χ4v) is 4.19. The average molecular weight is 487 g/mol. The molecule has 35 heavy (non-hydrogen) atoms. The van der Waals surface area contributed by atoms with E-state index < -0.39 is 6.04 Å². The van der Waals surface area contributed by atoms with Crippen LogP contribution >= 0.6 is 0 Å². The molecule has 0 saturated heterocycles. The number of phenols is 1. The molecule has 192 valence electrons. The second-order valence-corrected chi connectivity index (χ2v) is 8.50. The number of phenolic OH excluding ortho intramolecular Hbond substituents is 1. The first kappa shape index (κ1) is 27.8. The Morgan fingerprint density at radius 1 is 1.17 bits per heavy atom. The van der Waals surface area contributed by atoms with Crippen molar-refractivity contribution in [3.8, 4) is 11.5 Å².